The number of esters is 4. The van der Waals surface area contributed by atoms with Crippen LogP contribution in [-0.2, 0) is 65.4 Å². The number of phosphoric acid groups is 2. The lowest BCUT2D eigenvalue weighted by atomic mass is 10.0. The van der Waals surface area contributed by atoms with Crippen LogP contribution in [0.1, 0.15) is 446 Å². The zero-order valence-corrected chi connectivity index (χ0v) is 70.9. The molecule has 2 unspecified atom stereocenters. The number of aliphatic hydroxyl groups excluding tert-OH is 1. The van der Waals surface area contributed by atoms with Crippen LogP contribution in [0.15, 0.2) is 24.3 Å². The average molecular weight is 1550 g/mol. The monoisotopic (exact) mass is 1550 g/mol. The van der Waals surface area contributed by atoms with Crippen molar-refractivity contribution in [1.82, 2.24) is 0 Å². The summed E-state index contributed by atoms with van der Waals surface area (Å²) in [5.41, 5.74) is 0. The van der Waals surface area contributed by atoms with Crippen LogP contribution in [0, 0.1) is 5.92 Å². The van der Waals surface area contributed by atoms with E-state index in [-0.39, 0.29) is 25.7 Å². The molecule has 0 rings (SSSR count). The summed E-state index contributed by atoms with van der Waals surface area (Å²) < 4.78 is 68.8. The number of carbonyl (C=O) groups is 4. The summed E-state index contributed by atoms with van der Waals surface area (Å²) in [5, 5.41) is 10.7. The van der Waals surface area contributed by atoms with E-state index < -0.39 is 97.5 Å². The summed E-state index contributed by atoms with van der Waals surface area (Å²) in [4.78, 5) is 73.1. The van der Waals surface area contributed by atoms with Crippen molar-refractivity contribution in [3.63, 3.8) is 0 Å². The molecule has 0 radical (unpaired) electrons. The number of allylic oxidation sites excluding steroid dienone is 4. The number of unbranched alkanes of at least 4 members (excludes halogenated alkanes) is 54. The van der Waals surface area contributed by atoms with E-state index in [0.717, 1.165) is 109 Å². The first-order chi connectivity index (χ1) is 51.5. The van der Waals surface area contributed by atoms with Gasteiger partial charge in [-0.1, -0.05) is 393 Å². The van der Waals surface area contributed by atoms with E-state index in [4.69, 9.17) is 37.0 Å². The number of ether oxygens (including phenoxy) is 4. The average Bonchev–Trinajstić information content (AvgIpc) is 0.916. The molecule has 0 saturated carbocycles. The van der Waals surface area contributed by atoms with Crippen molar-refractivity contribution in [3.05, 3.63) is 24.3 Å². The Hall–Kier alpha value is -2.46. The Morgan fingerprint density at radius 2 is 0.509 bits per heavy atom. The molecule has 5 atom stereocenters. The number of hydrogen-bond acceptors (Lipinski definition) is 15. The predicted octanol–water partition coefficient (Wildman–Crippen LogP) is 26.3. The van der Waals surface area contributed by atoms with Crippen LogP contribution in [0.4, 0.5) is 0 Å². The third-order valence-electron chi connectivity index (χ3n) is 19.9. The Kier molecular flexibility index (Phi) is 77.4. The molecular formula is C87H166O17P2. The molecule has 106 heavy (non-hydrogen) atoms. The van der Waals surface area contributed by atoms with Gasteiger partial charge in [0.25, 0.3) is 0 Å². The van der Waals surface area contributed by atoms with Crippen LogP contribution < -0.4 is 0 Å². The maximum atomic E-state index is 13.1. The van der Waals surface area contributed by atoms with Gasteiger partial charge < -0.3 is 33.8 Å². The molecule has 0 aliphatic heterocycles. The fourth-order valence-corrected chi connectivity index (χ4v) is 14.7. The van der Waals surface area contributed by atoms with Gasteiger partial charge >= 0.3 is 39.5 Å². The summed E-state index contributed by atoms with van der Waals surface area (Å²) in [7, 11) is -9.94. The molecule has 0 aliphatic carbocycles. The van der Waals surface area contributed by atoms with Crippen LogP contribution >= 0.6 is 15.6 Å². The number of rotatable bonds is 85. The Morgan fingerprint density at radius 3 is 0.774 bits per heavy atom. The first-order valence-electron chi connectivity index (χ1n) is 44.5. The van der Waals surface area contributed by atoms with E-state index in [9.17, 15) is 43.2 Å². The van der Waals surface area contributed by atoms with Gasteiger partial charge in [-0.2, -0.15) is 0 Å². The zero-order chi connectivity index (χ0) is 77.6. The van der Waals surface area contributed by atoms with Crippen molar-refractivity contribution < 1.29 is 80.2 Å². The second-order valence-corrected chi connectivity index (χ2v) is 34.0. The van der Waals surface area contributed by atoms with Gasteiger partial charge in [0.1, 0.15) is 19.3 Å². The van der Waals surface area contributed by atoms with Crippen molar-refractivity contribution in [2.45, 2.75) is 464 Å². The summed E-state index contributed by atoms with van der Waals surface area (Å²) in [6.07, 6.45) is 76.2. The van der Waals surface area contributed by atoms with Crippen molar-refractivity contribution in [1.29, 1.82) is 0 Å². The van der Waals surface area contributed by atoms with E-state index >= 15 is 0 Å². The summed E-state index contributed by atoms with van der Waals surface area (Å²) in [6, 6.07) is 0. The maximum Gasteiger partial charge on any atom is 0.472 e. The molecule has 0 heterocycles. The second-order valence-electron chi connectivity index (χ2n) is 31.1. The third-order valence-corrected chi connectivity index (χ3v) is 21.8. The van der Waals surface area contributed by atoms with Gasteiger partial charge in [-0.25, -0.2) is 9.13 Å². The van der Waals surface area contributed by atoms with E-state index in [1.54, 1.807) is 0 Å². The van der Waals surface area contributed by atoms with Crippen molar-refractivity contribution in [3.8, 4) is 0 Å². The minimum absolute atomic E-state index is 0.0845. The Bertz CT molecular complexity index is 2110. The summed E-state index contributed by atoms with van der Waals surface area (Å²) in [5.74, 6) is -1.46. The van der Waals surface area contributed by atoms with Gasteiger partial charge in [0.15, 0.2) is 12.2 Å². The lowest BCUT2D eigenvalue weighted by Crippen LogP contribution is -2.30. The van der Waals surface area contributed by atoms with E-state index in [1.165, 1.54) is 250 Å². The Balaban J connectivity index is 5.22. The lowest BCUT2D eigenvalue weighted by Gasteiger charge is -2.21. The standard InChI is InChI=1S/C87H166O17P2/c1-6-9-12-15-18-21-24-27-30-32-34-36-38-40-43-45-48-51-54-60-65-70-84(89)97-76-82(103-86(91)72-68-63-56-53-50-47-44-41-39-37-35-33-31-28-25-22-19-16-13-10-7-2)78-101-105(93,94)99-74-81(88)75-100-106(95,96)102-79-83(77-98-85(90)71-66-61-58-57-59-64-69-80(4)5)104-87(92)73-67-62-55-52-49-46-42-29-26-23-20-17-14-11-8-3/h23,26,29,42,80-83,88H,6-22,24-25,27-28,30-41,43-79H2,1-5H3,(H,93,94)(H,95,96)/b26-23-,42-29-/t81-,82-,83-/m1/s1. The fraction of sp³-hybridized carbons (Fsp3) is 0.908. The van der Waals surface area contributed by atoms with Crippen LogP contribution in [0.5, 0.6) is 0 Å². The largest absolute Gasteiger partial charge is 0.472 e. The topological polar surface area (TPSA) is 237 Å². The highest BCUT2D eigenvalue weighted by atomic mass is 31.2. The highest BCUT2D eigenvalue weighted by molar-refractivity contribution is 7.47. The minimum Gasteiger partial charge on any atom is -0.462 e. The number of hydrogen-bond donors (Lipinski definition) is 3. The Morgan fingerprint density at radius 1 is 0.292 bits per heavy atom. The SMILES string of the molecule is CCCCCC/C=C\C=C/CCCCCCCC(=O)O[C@H](COC(=O)CCCCCCCCC(C)C)COP(=O)(O)OC[C@H](O)COP(=O)(O)OC[C@@H](COC(=O)CCCCCCCCCCCCCCCCCCCCCCC)OC(=O)CCCCCCCCCCCCCCCCCCCCCCC. The molecule has 3 N–H and O–H groups in total. The molecule has 0 aromatic carbocycles. The van der Waals surface area contributed by atoms with Crippen LogP contribution in [0.3, 0.4) is 0 Å². The minimum atomic E-state index is -4.97. The highest BCUT2D eigenvalue weighted by Gasteiger charge is 2.30. The molecule has 626 valence electrons. The smallest absolute Gasteiger partial charge is 0.462 e. The normalized spacial score (nSPS) is 13.9. The molecule has 0 bridgehead atoms. The first-order valence-corrected chi connectivity index (χ1v) is 47.4. The molecule has 0 aromatic rings. The van der Waals surface area contributed by atoms with Gasteiger partial charge in [0, 0.05) is 25.7 Å². The highest BCUT2D eigenvalue weighted by Crippen LogP contribution is 2.45. The van der Waals surface area contributed by atoms with Crippen molar-refractivity contribution >= 4 is 39.5 Å². The van der Waals surface area contributed by atoms with E-state index in [1.807, 2.05) is 0 Å². The quantitative estimate of drug-likeness (QED) is 0.0169. The van der Waals surface area contributed by atoms with Crippen LogP contribution in [0.2, 0.25) is 0 Å². The van der Waals surface area contributed by atoms with Crippen LogP contribution in [-0.4, -0.2) is 96.7 Å². The Labute approximate surface area is 650 Å². The van der Waals surface area contributed by atoms with Gasteiger partial charge in [0.05, 0.1) is 26.4 Å². The molecule has 0 aromatic heterocycles. The maximum absolute atomic E-state index is 13.1. The van der Waals surface area contributed by atoms with Gasteiger partial charge in [0.2, 0.25) is 0 Å². The summed E-state index contributed by atoms with van der Waals surface area (Å²) in [6.45, 7) is 7.20. The molecule has 0 saturated heterocycles. The number of carbonyl (C=O) groups excluding carboxylic acids is 4. The lowest BCUT2D eigenvalue weighted by molar-refractivity contribution is -0.161. The van der Waals surface area contributed by atoms with Gasteiger partial charge in [-0.3, -0.25) is 37.3 Å². The van der Waals surface area contributed by atoms with Crippen molar-refractivity contribution in [2.24, 2.45) is 5.92 Å². The van der Waals surface area contributed by atoms with E-state index in [0.29, 0.717) is 31.6 Å². The molecule has 0 aliphatic rings. The molecule has 0 spiro atoms. The van der Waals surface area contributed by atoms with Gasteiger partial charge in [-0.05, 0) is 57.3 Å². The third kappa shape index (κ3) is 79.6. The van der Waals surface area contributed by atoms with Crippen molar-refractivity contribution in [2.75, 3.05) is 39.6 Å². The molecule has 0 fully saturated rings. The summed E-state index contributed by atoms with van der Waals surface area (Å²) >= 11 is 0. The zero-order valence-electron chi connectivity index (χ0n) is 69.1. The molecular weight excluding hydrogens is 1380 g/mol. The van der Waals surface area contributed by atoms with E-state index in [2.05, 4.69) is 58.9 Å². The number of aliphatic hydroxyl groups is 1. The number of phosphoric ester groups is 2. The second kappa shape index (κ2) is 79.2. The predicted molar refractivity (Wildman–Crippen MR) is 437 cm³/mol. The fourth-order valence-electron chi connectivity index (χ4n) is 13.1. The first kappa shape index (κ1) is 104. The molecule has 17 nitrogen and oxygen atoms in total. The van der Waals surface area contributed by atoms with Crippen LogP contribution in [0.25, 0.3) is 0 Å². The molecule has 0 amide bonds. The molecule has 19 heteroatoms. The van der Waals surface area contributed by atoms with Gasteiger partial charge in [-0.15, -0.1) is 0 Å².